The van der Waals surface area contributed by atoms with Crippen LogP contribution < -0.4 is 0 Å². The van der Waals surface area contributed by atoms with Crippen LogP contribution in [0.25, 0.3) is 0 Å². The molecule has 120 valence electrons. The summed E-state index contributed by atoms with van der Waals surface area (Å²) in [6.07, 6.45) is 0.972. The molecule has 0 N–H and O–H groups in total. The lowest BCUT2D eigenvalue weighted by Crippen LogP contribution is -2.42. The highest BCUT2D eigenvalue weighted by Gasteiger charge is 2.23. The summed E-state index contributed by atoms with van der Waals surface area (Å²) >= 11 is 0. The summed E-state index contributed by atoms with van der Waals surface area (Å²) in [7, 11) is -3.01. The SMILES string of the molecule is CC(CCS(=O)(=O)C(C)C)CC(=O)N(C(C)C)C(C)C. The monoisotopic (exact) mass is 305 g/mol. The van der Waals surface area contributed by atoms with Crippen LogP contribution in [0.2, 0.25) is 0 Å². The molecule has 20 heavy (non-hydrogen) atoms. The zero-order valence-electron chi connectivity index (χ0n) is 14.0. The topological polar surface area (TPSA) is 54.5 Å². The van der Waals surface area contributed by atoms with E-state index in [0.717, 1.165) is 0 Å². The van der Waals surface area contributed by atoms with E-state index in [4.69, 9.17) is 0 Å². The maximum Gasteiger partial charge on any atom is 0.223 e. The lowest BCUT2D eigenvalue weighted by atomic mass is 10.0. The van der Waals surface area contributed by atoms with Gasteiger partial charge in [0.05, 0.1) is 11.0 Å². The first-order valence-electron chi connectivity index (χ1n) is 7.51. The van der Waals surface area contributed by atoms with Crippen molar-refractivity contribution < 1.29 is 13.2 Å². The van der Waals surface area contributed by atoms with E-state index in [-0.39, 0.29) is 34.9 Å². The smallest absolute Gasteiger partial charge is 0.223 e. The van der Waals surface area contributed by atoms with Gasteiger partial charge in [0.2, 0.25) is 5.91 Å². The second kappa shape index (κ2) is 8.01. The summed E-state index contributed by atoms with van der Waals surface area (Å²) in [6, 6.07) is 0.350. The molecule has 4 nitrogen and oxygen atoms in total. The lowest BCUT2D eigenvalue weighted by Gasteiger charge is -2.31. The number of carbonyl (C=O) groups is 1. The molecule has 0 bridgehead atoms. The van der Waals surface area contributed by atoms with Gasteiger partial charge in [0.1, 0.15) is 0 Å². The van der Waals surface area contributed by atoms with Gasteiger partial charge in [0, 0.05) is 18.5 Å². The third kappa shape index (κ3) is 6.25. The van der Waals surface area contributed by atoms with Gasteiger partial charge in [-0.15, -0.1) is 0 Å². The van der Waals surface area contributed by atoms with Gasteiger partial charge in [-0.05, 0) is 53.9 Å². The molecule has 1 unspecified atom stereocenters. The van der Waals surface area contributed by atoms with Crippen LogP contribution in [0.4, 0.5) is 0 Å². The van der Waals surface area contributed by atoms with Crippen molar-refractivity contribution in [1.29, 1.82) is 0 Å². The van der Waals surface area contributed by atoms with Crippen LogP contribution in [0.5, 0.6) is 0 Å². The third-order valence-corrected chi connectivity index (χ3v) is 5.78. The van der Waals surface area contributed by atoms with Gasteiger partial charge in [0.15, 0.2) is 9.84 Å². The fraction of sp³-hybridized carbons (Fsp3) is 0.933. The maximum absolute atomic E-state index is 12.3. The average molecular weight is 305 g/mol. The summed E-state index contributed by atoms with van der Waals surface area (Å²) in [4.78, 5) is 14.1. The molecule has 0 saturated heterocycles. The molecule has 0 aromatic rings. The number of carbonyl (C=O) groups excluding carboxylic acids is 1. The van der Waals surface area contributed by atoms with E-state index in [0.29, 0.717) is 12.8 Å². The second-order valence-electron chi connectivity index (χ2n) is 6.50. The van der Waals surface area contributed by atoms with Crippen LogP contribution in [0, 0.1) is 5.92 Å². The zero-order valence-corrected chi connectivity index (χ0v) is 14.8. The van der Waals surface area contributed by atoms with Gasteiger partial charge in [-0.3, -0.25) is 4.79 Å². The van der Waals surface area contributed by atoms with Crippen molar-refractivity contribution in [2.24, 2.45) is 5.92 Å². The van der Waals surface area contributed by atoms with Crippen LogP contribution >= 0.6 is 0 Å². The van der Waals surface area contributed by atoms with Crippen molar-refractivity contribution in [2.45, 2.75) is 78.6 Å². The summed E-state index contributed by atoms with van der Waals surface area (Å²) in [5.74, 6) is 0.378. The molecule has 0 rings (SSSR count). The third-order valence-electron chi connectivity index (χ3n) is 3.54. The highest BCUT2D eigenvalue weighted by Crippen LogP contribution is 2.16. The Balaban J connectivity index is 4.47. The average Bonchev–Trinajstić information content (AvgIpc) is 2.24. The molecule has 0 saturated carbocycles. The van der Waals surface area contributed by atoms with Gasteiger partial charge in [-0.1, -0.05) is 6.92 Å². The number of hydrogen-bond acceptors (Lipinski definition) is 3. The second-order valence-corrected chi connectivity index (χ2v) is 9.18. The van der Waals surface area contributed by atoms with Crippen molar-refractivity contribution in [3.8, 4) is 0 Å². The Hall–Kier alpha value is -0.580. The standard InChI is InChI=1S/C15H31NO3S/c1-11(2)16(12(3)4)15(17)10-14(7)8-9-20(18,19)13(5)6/h11-14H,8-10H2,1-7H3. The molecule has 1 amide bonds. The van der Waals surface area contributed by atoms with Gasteiger partial charge < -0.3 is 4.90 Å². The van der Waals surface area contributed by atoms with Crippen LogP contribution in [0.1, 0.15) is 61.3 Å². The van der Waals surface area contributed by atoms with Crippen molar-refractivity contribution in [1.82, 2.24) is 4.90 Å². The van der Waals surface area contributed by atoms with E-state index in [2.05, 4.69) is 0 Å². The predicted molar refractivity (Wildman–Crippen MR) is 84.4 cm³/mol. The first kappa shape index (κ1) is 19.4. The fourth-order valence-corrected chi connectivity index (χ4v) is 3.48. The molecule has 5 heteroatoms. The summed E-state index contributed by atoms with van der Waals surface area (Å²) < 4.78 is 23.6. The molecule has 0 aliphatic heterocycles. The zero-order chi connectivity index (χ0) is 16.1. The number of amides is 1. The van der Waals surface area contributed by atoms with E-state index < -0.39 is 9.84 Å². The van der Waals surface area contributed by atoms with Crippen LogP contribution in [-0.2, 0) is 14.6 Å². The summed E-state index contributed by atoms with van der Waals surface area (Å²) in [5.41, 5.74) is 0. The number of sulfone groups is 1. The van der Waals surface area contributed by atoms with Crippen molar-refractivity contribution >= 4 is 15.7 Å². The van der Waals surface area contributed by atoms with Crippen LogP contribution in [0.15, 0.2) is 0 Å². The van der Waals surface area contributed by atoms with Crippen LogP contribution in [-0.4, -0.2) is 42.3 Å². The first-order valence-corrected chi connectivity index (χ1v) is 9.23. The molecule has 0 radical (unpaired) electrons. The normalized spacial score (nSPS) is 14.1. The Morgan fingerprint density at radius 1 is 0.950 bits per heavy atom. The van der Waals surface area contributed by atoms with E-state index in [1.807, 2.05) is 39.5 Å². The predicted octanol–water partition coefficient (Wildman–Crippen LogP) is 2.87. The Labute approximate surface area is 124 Å². The highest BCUT2D eigenvalue weighted by atomic mass is 32.2. The lowest BCUT2D eigenvalue weighted by molar-refractivity contribution is -0.135. The van der Waals surface area contributed by atoms with Crippen molar-refractivity contribution in [2.75, 3.05) is 5.75 Å². The number of hydrogen-bond donors (Lipinski definition) is 0. The van der Waals surface area contributed by atoms with Gasteiger partial charge in [-0.2, -0.15) is 0 Å². The van der Waals surface area contributed by atoms with E-state index in [1.165, 1.54) is 0 Å². The van der Waals surface area contributed by atoms with Crippen molar-refractivity contribution in [3.63, 3.8) is 0 Å². The number of rotatable bonds is 8. The molecule has 0 aromatic carbocycles. The molecule has 0 heterocycles. The van der Waals surface area contributed by atoms with E-state index >= 15 is 0 Å². The minimum absolute atomic E-state index is 0.0935. The molecule has 0 aliphatic carbocycles. The molecule has 0 fully saturated rings. The first-order chi connectivity index (χ1) is 8.99. The maximum atomic E-state index is 12.3. The minimum atomic E-state index is -3.01. The van der Waals surface area contributed by atoms with Crippen molar-refractivity contribution in [3.05, 3.63) is 0 Å². The van der Waals surface area contributed by atoms with Crippen LogP contribution in [0.3, 0.4) is 0 Å². The quantitative estimate of drug-likeness (QED) is 0.693. The summed E-state index contributed by atoms with van der Waals surface area (Å²) in [5, 5.41) is -0.340. The fourth-order valence-electron chi connectivity index (χ4n) is 2.28. The Morgan fingerprint density at radius 3 is 1.75 bits per heavy atom. The molecule has 0 aromatic heterocycles. The molecule has 0 aliphatic rings. The van der Waals surface area contributed by atoms with E-state index in [1.54, 1.807) is 13.8 Å². The Morgan fingerprint density at radius 2 is 1.40 bits per heavy atom. The van der Waals surface area contributed by atoms with Gasteiger partial charge >= 0.3 is 0 Å². The molecule has 1 atom stereocenters. The van der Waals surface area contributed by atoms with Gasteiger partial charge in [0.25, 0.3) is 0 Å². The highest BCUT2D eigenvalue weighted by molar-refractivity contribution is 7.91. The van der Waals surface area contributed by atoms with Gasteiger partial charge in [-0.25, -0.2) is 8.42 Å². The molecule has 0 spiro atoms. The molecular formula is C15H31NO3S. The molecular weight excluding hydrogens is 274 g/mol. The number of nitrogens with zero attached hydrogens (tertiary/aromatic N) is 1. The Kier molecular flexibility index (Phi) is 7.78. The Bertz CT molecular complexity index is 391. The summed E-state index contributed by atoms with van der Waals surface area (Å²) in [6.45, 7) is 13.4. The minimum Gasteiger partial charge on any atom is -0.338 e. The largest absolute Gasteiger partial charge is 0.338 e. The van der Waals surface area contributed by atoms with E-state index in [9.17, 15) is 13.2 Å².